The maximum atomic E-state index is 12.4. The molecule has 1 aromatic heterocycles. The molecule has 3 aromatic rings. The number of aromatic nitrogens is 3. The molecular formula is C16H13ClN4O2. The number of nitrogens with zero attached hydrogens (tertiary/aromatic N) is 2. The number of halogens is 1. The van der Waals surface area contributed by atoms with E-state index in [2.05, 4.69) is 20.5 Å². The Morgan fingerprint density at radius 1 is 1.22 bits per heavy atom. The molecule has 0 fully saturated rings. The first-order chi connectivity index (χ1) is 11.2. The van der Waals surface area contributed by atoms with Gasteiger partial charge in [-0.25, -0.2) is 4.98 Å². The molecule has 116 valence electrons. The monoisotopic (exact) mass is 328 g/mol. The number of H-pyrrole nitrogens is 1. The summed E-state index contributed by atoms with van der Waals surface area (Å²) in [5.41, 5.74) is 1.95. The average molecular weight is 329 g/mol. The Bertz CT molecular complexity index is 817. The molecule has 3 rings (SSSR count). The van der Waals surface area contributed by atoms with Crippen molar-refractivity contribution < 1.29 is 9.53 Å². The quantitative estimate of drug-likeness (QED) is 0.769. The number of methoxy groups -OCH3 is 1. The number of nitrogens with one attached hydrogen (secondary N) is 2. The number of aromatic amines is 1. The van der Waals surface area contributed by atoms with Gasteiger partial charge in [0.15, 0.2) is 5.82 Å². The second-order valence-electron chi connectivity index (χ2n) is 4.71. The van der Waals surface area contributed by atoms with E-state index in [1.54, 1.807) is 30.3 Å². The first-order valence-corrected chi connectivity index (χ1v) is 7.16. The number of amides is 1. The number of hydrogen-bond acceptors (Lipinski definition) is 4. The molecule has 0 radical (unpaired) electrons. The van der Waals surface area contributed by atoms with E-state index in [9.17, 15) is 4.79 Å². The highest BCUT2D eigenvalue weighted by Crippen LogP contribution is 2.24. The minimum absolute atomic E-state index is 0.272. The predicted octanol–water partition coefficient (Wildman–Crippen LogP) is 3.39. The van der Waals surface area contributed by atoms with Crippen LogP contribution in [0.5, 0.6) is 5.75 Å². The summed E-state index contributed by atoms with van der Waals surface area (Å²) in [6, 6.07) is 12.1. The number of rotatable bonds is 4. The zero-order chi connectivity index (χ0) is 16.2. The largest absolute Gasteiger partial charge is 0.496 e. The Kier molecular flexibility index (Phi) is 4.25. The third-order valence-corrected chi connectivity index (χ3v) is 3.47. The van der Waals surface area contributed by atoms with Gasteiger partial charge in [0, 0.05) is 16.3 Å². The Balaban J connectivity index is 1.78. The molecule has 23 heavy (non-hydrogen) atoms. The van der Waals surface area contributed by atoms with Crippen molar-refractivity contribution in [1.29, 1.82) is 0 Å². The van der Waals surface area contributed by atoms with Crippen LogP contribution in [0.15, 0.2) is 48.8 Å². The molecule has 0 saturated heterocycles. The maximum absolute atomic E-state index is 12.4. The van der Waals surface area contributed by atoms with Crippen molar-refractivity contribution in [2.45, 2.75) is 0 Å². The predicted molar refractivity (Wildman–Crippen MR) is 87.8 cm³/mol. The van der Waals surface area contributed by atoms with Gasteiger partial charge in [-0.15, -0.1) is 0 Å². The van der Waals surface area contributed by atoms with Crippen molar-refractivity contribution in [3.63, 3.8) is 0 Å². The number of hydrogen-bond donors (Lipinski definition) is 2. The topological polar surface area (TPSA) is 79.9 Å². The molecule has 7 heteroatoms. The Hall–Kier alpha value is -2.86. The molecule has 0 spiro atoms. The first-order valence-electron chi connectivity index (χ1n) is 6.78. The Labute approximate surface area is 137 Å². The van der Waals surface area contributed by atoms with E-state index < -0.39 is 0 Å². The van der Waals surface area contributed by atoms with Crippen molar-refractivity contribution in [2.24, 2.45) is 0 Å². The summed E-state index contributed by atoms with van der Waals surface area (Å²) in [4.78, 5) is 16.4. The number of carbonyl (C=O) groups excluding carboxylic acids is 1. The standard InChI is InChI=1S/C16H13ClN4O2/c1-23-14-8-11(17)4-7-13(14)16(22)20-12-5-2-10(3-6-12)15-18-9-19-21-15/h2-9H,1H3,(H,20,22)(H,18,19,21). The zero-order valence-corrected chi connectivity index (χ0v) is 13.0. The van der Waals surface area contributed by atoms with Crippen LogP contribution in [0.2, 0.25) is 5.02 Å². The highest BCUT2D eigenvalue weighted by molar-refractivity contribution is 6.31. The second kappa shape index (κ2) is 6.50. The minimum Gasteiger partial charge on any atom is -0.496 e. The minimum atomic E-state index is -0.272. The fraction of sp³-hybridized carbons (Fsp3) is 0.0625. The van der Waals surface area contributed by atoms with Crippen LogP contribution in [0.25, 0.3) is 11.4 Å². The van der Waals surface area contributed by atoms with E-state index in [-0.39, 0.29) is 5.91 Å². The highest BCUT2D eigenvalue weighted by Gasteiger charge is 2.13. The fourth-order valence-electron chi connectivity index (χ4n) is 2.11. The summed E-state index contributed by atoms with van der Waals surface area (Å²) >= 11 is 5.90. The second-order valence-corrected chi connectivity index (χ2v) is 5.15. The van der Waals surface area contributed by atoms with Gasteiger partial charge in [0.1, 0.15) is 12.1 Å². The van der Waals surface area contributed by atoms with Crippen molar-refractivity contribution in [3.8, 4) is 17.1 Å². The Morgan fingerprint density at radius 3 is 2.65 bits per heavy atom. The molecule has 0 aliphatic rings. The molecule has 1 amide bonds. The summed E-state index contributed by atoms with van der Waals surface area (Å²) < 4.78 is 5.19. The van der Waals surface area contributed by atoms with Gasteiger partial charge in [0.05, 0.1) is 12.7 Å². The highest BCUT2D eigenvalue weighted by atomic mass is 35.5. The zero-order valence-electron chi connectivity index (χ0n) is 12.2. The van der Waals surface area contributed by atoms with Crippen molar-refractivity contribution in [1.82, 2.24) is 15.2 Å². The molecule has 0 atom stereocenters. The van der Waals surface area contributed by atoms with Gasteiger partial charge in [0.25, 0.3) is 5.91 Å². The summed E-state index contributed by atoms with van der Waals surface area (Å²) in [6.07, 6.45) is 1.44. The molecule has 6 nitrogen and oxygen atoms in total. The number of ether oxygens (including phenoxy) is 1. The third kappa shape index (κ3) is 3.32. The molecule has 0 bridgehead atoms. The van der Waals surface area contributed by atoms with Gasteiger partial charge < -0.3 is 10.1 Å². The van der Waals surface area contributed by atoms with Gasteiger partial charge in [-0.3, -0.25) is 9.89 Å². The summed E-state index contributed by atoms with van der Waals surface area (Å²) in [6.45, 7) is 0. The first kappa shape index (κ1) is 15.1. The van der Waals surface area contributed by atoms with Crippen LogP contribution in [0.4, 0.5) is 5.69 Å². The van der Waals surface area contributed by atoms with E-state index in [0.717, 1.165) is 5.56 Å². The van der Waals surface area contributed by atoms with E-state index in [1.807, 2.05) is 12.1 Å². The molecule has 0 aliphatic heterocycles. The van der Waals surface area contributed by atoms with Crippen LogP contribution in [0.1, 0.15) is 10.4 Å². The van der Waals surface area contributed by atoms with E-state index in [4.69, 9.17) is 16.3 Å². The third-order valence-electron chi connectivity index (χ3n) is 3.24. The van der Waals surface area contributed by atoms with E-state index in [1.165, 1.54) is 13.4 Å². The van der Waals surface area contributed by atoms with Crippen LogP contribution in [-0.2, 0) is 0 Å². The van der Waals surface area contributed by atoms with Crippen LogP contribution < -0.4 is 10.1 Å². The molecule has 2 aromatic carbocycles. The van der Waals surface area contributed by atoms with Crippen molar-refractivity contribution in [2.75, 3.05) is 12.4 Å². The molecule has 2 N–H and O–H groups in total. The van der Waals surface area contributed by atoms with Gasteiger partial charge in [-0.2, -0.15) is 5.10 Å². The lowest BCUT2D eigenvalue weighted by molar-refractivity contribution is 0.102. The Morgan fingerprint density at radius 2 is 2.00 bits per heavy atom. The fourth-order valence-corrected chi connectivity index (χ4v) is 2.27. The molecular weight excluding hydrogens is 316 g/mol. The van der Waals surface area contributed by atoms with Gasteiger partial charge in [-0.1, -0.05) is 11.6 Å². The normalized spacial score (nSPS) is 10.3. The van der Waals surface area contributed by atoms with Crippen molar-refractivity contribution in [3.05, 3.63) is 59.4 Å². The van der Waals surface area contributed by atoms with E-state index >= 15 is 0 Å². The lowest BCUT2D eigenvalue weighted by Crippen LogP contribution is -2.13. The van der Waals surface area contributed by atoms with Crippen LogP contribution in [0.3, 0.4) is 0 Å². The lowest BCUT2D eigenvalue weighted by Gasteiger charge is -2.10. The molecule has 0 aliphatic carbocycles. The number of carbonyl (C=O) groups is 1. The average Bonchev–Trinajstić information content (AvgIpc) is 3.09. The molecule has 1 heterocycles. The number of anilines is 1. The van der Waals surface area contributed by atoms with Crippen LogP contribution in [0, 0.1) is 0 Å². The van der Waals surface area contributed by atoms with Crippen molar-refractivity contribution >= 4 is 23.2 Å². The summed E-state index contributed by atoms with van der Waals surface area (Å²) in [5, 5.41) is 9.91. The van der Waals surface area contributed by atoms with Crippen LogP contribution in [-0.4, -0.2) is 28.2 Å². The van der Waals surface area contributed by atoms with Gasteiger partial charge in [-0.05, 0) is 42.5 Å². The van der Waals surface area contributed by atoms with Crippen LogP contribution >= 0.6 is 11.6 Å². The smallest absolute Gasteiger partial charge is 0.259 e. The SMILES string of the molecule is COc1cc(Cl)ccc1C(=O)Nc1ccc(-c2ncn[nH]2)cc1. The molecule has 0 saturated carbocycles. The molecule has 0 unspecified atom stereocenters. The van der Waals surface area contributed by atoms with Gasteiger partial charge in [0.2, 0.25) is 0 Å². The van der Waals surface area contributed by atoms with Gasteiger partial charge >= 0.3 is 0 Å². The van der Waals surface area contributed by atoms with E-state index in [0.29, 0.717) is 27.8 Å². The lowest BCUT2D eigenvalue weighted by atomic mass is 10.1. The number of benzene rings is 2. The maximum Gasteiger partial charge on any atom is 0.259 e. The summed E-state index contributed by atoms with van der Waals surface area (Å²) in [7, 11) is 1.49. The summed E-state index contributed by atoms with van der Waals surface area (Å²) in [5.74, 6) is 0.821.